The summed E-state index contributed by atoms with van der Waals surface area (Å²) in [7, 11) is 0. The van der Waals surface area contributed by atoms with Gasteiger partial charge in [0.15, 0.2) is 0 Å². The average Bonchev–Trinajstić information content (AvgIpc) is 2.65. The molecule has 0 aliphatic rings. The van der Waals surface area contributed by atoms with Crippen LogP contribution < -0.4 is 11.1 Å². The van der Waals surface area contributed by atoms with E-state index >= 15 is 0 Å². The number of carbonyl (C=O) groups is 1. The highest BCUT2D eigenvalue weighted by atomic mass is 79.9. The lowest BCUT2D eigenvalue weighted by Crippen LogP contribution is -2.35. The predicted molar refractivity (Wildman–Crippen MR) is 104 cm³/mol. The molecule has 0 unspecified atom stereocenters. The van der Waals surface area contributed by atoms with Crippen LogP contribution in [-0.4, -0.2) is 21.9 Å². The normalized spacial score (nSPS) is 11.7. The van der Waals surface area contributed by atoms with Crippen LogP contribution in [0.1, 0.15) is 18.9 Å². The summed E-state index contributed by atoms with van der Waals surface area (Å²) in [5.74, 6) is -0.472. The number of pyridine rings is 2. The van der Waals surface area contributed by atoms with Crippen molar-refractivity contribution in [1.29, 1.82) is 5.26 Å². The molecule has 0 fully saturated rings. The Morgan fingerprint density at radius 1 is 1.35 bits per heavy atom. The Bertz CT molecular complexity index is 1010. The second-order valence-corrected chi connectivity index (χ2v) is 6.65. The number of nitrogens with two attached hydrogens (primary N) is 1. The quantitative estimate of drug-likeness (QED) is 0.669. The summed E-state index contributed by atoms with van der Waals surface area (Å²) in [6, 6.07) is 10.9. The summed E-state index contributed by atoms with van der Waals surface area (Å²) in [5, 5.41) is 13.7. The molecule has 6 nitrogen and oxygen atoms in total. The van der Waals surface area contributed by atoms with E-state index in [4.69, 9.17) is 5.73 Å². The number of aromatic nitrogens is 2. The van der Waals surface area contributed by atoms with Gasteiger partial charge in [-0.1, -0.05) is 35.0 Å². The molecule has 2 aromatic heterocycles. The molecule has 0 bridgehead atoms. The average molecular weight is 410 g/mol. The Morgan fingerprint density at radius 2 is 2.08 bits per heavy atom. The van der Waals surface area contributed by atoms with Gasteiger partial charge in [-0.3, -0.25) is 9.78 Å². The SMILES string of the molecule is CC[C@@H](Nc1c(C#N)c(-c2ccc(Br)cc2)nc2cnccc12)C(N)=O. The highest BCUT2D eigenvalue weighted by molar-refractivity contribution is 9.10. The molecule has 0 aliphatic heterocycles. The van der Waals surface area contributed by atoms with Gasteiger partial charge in [-0.15, -0.1) is 0 Å². The lowest BCUT2D eigenvalue weighted by molar-refractivity contribution is -0.118. The van der Waals surface area contributed by atoms with Crippen LogP contribution >= 0.6 is 15.9 Å². The third-order valence-corrected chi connectivity index (χ3v) is 4.62. The van der Waals surface area contributed by atoms with Crippen LogP contribution in [-0.2, 0) is 4.79 Å². The summed E-state index contributed by atoms with van der Waals surface area (Å²) in [6.07, 6.45) is 3.76. The highest BCUT2D eigenvalue weighted by Gasteiger charge is 2.21. The second-order valence-electron chi connectivity index (χ2n) is 5.73. The molecule has 3 aromatic rings. The van der Waals surface area contributed by atoms with Crippen molar-refractivity contribution in [1.82, 2.24) is 9.97 Å². The number of nitriles is 1. The molecule has 1 amide bonds. The lowest BCUT2D eigenvalue weighted by Gasteiger charge is -2.19. The van der Waals surface area contributed by atoms with E-state index in [2.05, 4.69) is 37.3 Å². The molecule has 1 atom stereocenters. The second kappa shape index (κ2) is 7.50. The highest BCUT2D eigenvalue weighted by Crippen LogP contribution is 2.34. The van der Waals surface area contributed by atoms with Gasteiger partial charge in [0.05, 0.1) is 23.1 Å². The van der Waals surface area contributed by atoms with Crippen molar-refractivity contribution in [2.45, 2.75) is 19.4 Å². The molecule has 0 spiro atoms. The van der Waals surface area contributed by atoms with Crippen molar-refractivity contribution in [3.63, 3.8) is 0 Å². The first-order valence-corrected chi connectivity index (χ1v) is 8.84. The number of hydrogen-bond acceptors (Lipinski definition) is 5. The Labute approximate surface area is 159 Å². The molecular weight excluding hydrogens is 394 g/mol. The van der Waals surface area contributed by atoms with Gasteiger partial charge in [0.1, 0.15) is 17.7 Å². The van der Waals surface area contributed by atoms with Crippen molar-refractivity contribution >= 4 is 38.4 Å². The summed E-state index contributed by atoms with van der Waals surface area (Å²) < 4.78 is 0.931. The van der Waals surface area contributed by atoms with Crippen LogP contribution in [0.2, 0.25) is 0 Å². The zero-order chi connectivity index (χ0) is 18.7. The molecule has 26 heavy (non-hydrogen) atoms. The minimum absolute atomic E-state index is 0.366. The monoisotopic (exact) mass is 409 g/mol. The minimum atomic E-state index is -0.585. The van der Waals surface area contributed by atoms with Gasteiger partial charge in [-0.05, 0) is 24.6 Å². The smallest absolute Gasteiger partial charge is 0.239 e. The number of hydrogen-bond donors (Lipinski definition) is 2. The fourth-order valence-corrected chi connectivity index (χ4v) is 3.00. The van der Waals surface area contributed by atoms with Crippen molar-refractivity contribution in [2.75, 3.05) is 5.32 Å². The Hall–Kier alpha value is -2.98. The fourth-order valence-electron chi connectivity index (χ4n) is 2.74. The number of primary amides is 1. The third kappa shape index (κ3) is 3.37. The molecule has 1 aromatic carbocycles. The maximum absolute atomic E-state index is 11.7. The van der Waals surface area contributed by atoms with E-state index in [0.29, 0.717) is 28.9 Å². The van der Waals surface area contributed by atoms with Gasteiger partial charge < -0.3 is 11.1 Å². The molecule has 0 aliphatic carbocycles. The van der Waals surface area contributed by atoms with E-state index in [1.54, 1.807) is 18.5 Å². The van der Waals surface area contributed by atoms with Crippen LogP contribution in [0.3, 0.4) is 0 Å². The van der Waals surface area contributed by atoms with Crippen LogP contribution in [0.4, 0.5) is 5.69 Å². The molecule has 0 radical (unpaired) electrons. The predicted octanol–water partition coefficient (Wildman–Crippen LogP) is 3.61. The van der Waals surface area contributed by atoms with Gasteiger partial charge in [0.2, 0.25) is 5.91 Å². The molecule has 130 valence electrons. The van der Waals surface area contributed by atoms with Crippen LogP contribution in [0.15, 0.2) is 47.2 Å². The number of anilines is 1. The van der Waals surface area contributed by atoms with E-state index in [1.165, 1.54) is 0 Å². The van der Waals surface area contributed by atoms with E-state index < -0.39 is 11.9 Å². The van der Waals surface area contributed by atoms with Gasteiger partial charge in [-0.2, -0.15) is 5.26 Å². The molecule has 3 N–H and O–H groups in total. The molecule has 2 heterocycles. The number of benzene rings is 1. The molecule has 3 rings (SSSR count). The summed E-state index contributed by atoms with van der Waals surface area (Å²) >= 11 is 3.41. The number of carbonyl (C=O) groups excluding carboxylic acids is 1. The largest absolute Gasteiger partial charge is 0.372 e. The van der Waals surface area contributed by atoms with Crippen LogP contribution in [0.5, 0.6) is 0 Å². The van der Waals surface area contributed by atoms with E-state index in [-0.39, 0.29) is 0 Å². The fraction of sp³-hybridized carbons (Fsp3) is 0.158. The zero-order valence-electron chi connectivity index (χ0n) is 14.0. The first-order chi connectivity index (χ1) is 12.5. The van der Waals surface area contributed by atoms with E-state index in [9.17, 15) is 10.1 Å². The maximum Gasteiger partial charge on any atom is 0.239 e. The summed E-state index contributed by atoms with van der Waals surface area (Å²) in [4.78, 5) is 20.5. The number of amides is 1. The van der Waals surface area contributed by atoms with Crippen molar-refractivity contribution < 1.29 is 4.79 Å². The van der Waals surface area contributed by atoms with Crippen molar-refractivity contribution in [3.05, 3.63) is 52.8 Å². The number of nitrogens with one attached hydrogen (secondary N) is 1. The van der Waals surface area contributed by atoms with Gasteiger partial charge >= 0.3 is 0 Å². The minimum Gasteiger partial charge on any atom is -0.372 e. The number of fused-ring (bicyclic) bond motifs is 1. The summed E-state index contributed by atoms with van der Waals surface area (Å²) in [5.41, 5.74) is 8.35. The Balaban J connectivity index is 2.28. The first kappa shape index (κ1) is 17.8. The Morgan fingerprint density at radius 3 is 2.69 bits per heavy atom. The van der Waals surface area contributed by atoms with Crippen molar-refractivity contribution in [3.8, 4) is 17.3 Å². The molecule has 7 heteroatoms. The van der Waals surface area contributed by atoms with E-state index in [0.717, 1.165) is 15.4 Å². The lowest BCUT2D eigenvalue weighted by atomic mass is 10.0. The number of nitrogens with zero attached hydrogens (tertiary/aromatic N) is 3. The zero-order valence-corrected chi connectivity index (χ0v) is 15.6. The maximum atomic E-state index is 11.7. The standard InChI is InChI=1S/C19H16BrN5O/c1-2-15(19(22)26)24-18-13-7-8-23-10-16(13)25-17(14(18)9-21)11-3-5-12(20)6-4-11/h3-8,10,15H,2H2,1H3,(H2,22,26)(H,24,25)/t15-/m1/s1. The number of halogens is 1. The summed E-state index contributed by atoms with van der Waals surface area (Å²) in [6.45, 7) is 1.86. The molecule has 0 saturated carbocycles. The van der Waals surface area contributed by atoms with Gasteiger partial charge in [0, 0.05) is 21.6 Å². The topological polar surface area (TPSA) is 105 Å². The molecule has 0 saturated heterocycles. The van der Waals surface area contributed by atoms with Gasteiger partial charge in [-0.25, -0.2) is 4.98 Å². The molecular formula is C19H16BrN5O. The van der Waals surface area contributed by atoms with E-state index in [1.807, 2.05) is 31.2 Å². The Kier molecular flexibility index (Phi) is 5.14. The first-order valence-electron chi connectivity index (χ1n) is 8.04. The third-order valence-electron chi connectivity index (χ3n) is 4.09. The van der Waals surface area contributed by atoms with Crippen LogP contribution in [0.25, 0.3) is 22.2 Å². The number of rotatable bonds is 5. The van der Waals surface area contributed by atoms with Crippen LogP contribution in [0, 0.1) is 11.3 Å². The van der Waals surface area contributed by atoms with Gasteiger partial charge in [0.25, 0.3) is 0 Å². The van der Waals surface area contributed by atoms with Crippen molar-refractivity contribution in [2.24, 2.45) is 5.73 Å².